The monoisotopic (exact) mass is 680 g/mol. The Morgan fingerprint density at radius 3 is 1.70 bits per heavy atom. The first-order chi connectivity index (χ1) is 22.1. The predicted octanol–water partition coefficient (Wildman–Crippen LogP) is 0.723. The van der Waals surface area contributed by atoms with Crippen molar-refractivity contribution in [1.29, 1.82) is 0 Å². The van der Waals surface area contributed by atoms with Crippen LogP contribution in [0.25, 0.3) is 0 Å². The number of carboxylic acids is 1. The normalized spacial score (nSPS) is 29.4. The largest absolute Gasteiger partial charge is 0.480 e. The number of carboxylic acid groups (broad SMARTS) is 1. The topological polar surface area (TPSA) is 191 Å². The summed E-state index contributed by atoms with van der Waals surface area (Å²) < 4.78 is -1.56. The summed E-state index contributed by atoms with van der Waals surface area (Å²) in [4.78, 5) is 81.8. The number of aliphatic carboxylic acids is 1. The molecule has 248 valence electrons. The summed E-state index contributed by atoms with van der Waals surface area (Å²) in [5.74, 6) is -3.78. The molecule has 5 amide bonds. The molecule has 0 unspecified atom stereocenters. The molecule has 0 bridgehead atoms. The summed E-state index contributed by atoms with van der Waals surface area (Å²) in [6, 6.07) is 11.3. The van der Waals surface area contributed by atoms with Gasteiger partial charge in [-0.15, -0.1) is 23.5 Å². The van der Waals surface area contributed by atoms with E-state index in [4.69, 9.17) is 5.73 Å². The van der Waals surface area contributed by atoms with Gasteiger partial charge in [-0.25, -0.2) is 4.79 Å². The molecule has 0 radical (unpaired) electrons. The maximum Gasteiger partial charge on any atom is 0.327 e. The summed E-state index contributed by atoms with van der Waals surface area (Å²) in [6.45, 7) is 7.12. The highest BCUT2D eigenvalue weighted by molar-refractivity contribution is 8.02. The number of hydrogen-bond donors (Lipinski definition) is 5. The van der Waals surface area contributed by atoms with E-state index in [1.165, 1.54) is 33.3 Å². The Morgan fingerprint density at radius 1 is 0.745 bits per heavy atom. The van der Waals surface area contributed by atoms with Crippen molar-refractivity contribution >= 4 is 59.0 Å². The molecule has 4 aliphatic heterocycles. The van der Waals surface area contributed by atoms with Crippen LogP contribution in [-0.4, -0.2) is 94.8 Å². The second-order valence-corrected chi connectivity index (χ2v) is 16.6. The average molecular weight is 681 g/mol. The summed E-state index contributed by atoms with van der Waals surface area (Å²) in [7, 11) is 0. The fraction of sp³-hybridized carbons (Fsp3) is 0.438. The Kier molecular flexibility index (Phi) is 8.29. The van der Waals surface area contributed by atoms with Gasteiger partial charge in [0.2, 0.25) is 29.5 Å². The Morgan fingerprint density at radius 2 is 1.19 bits per heavy atom. The number of nitrogens with one attached hydrogen (secondary N) is 3. The van der Waals surface area contributed by atoms with Gasteiger partial charge in [0.25, 0.3) is 0 Å². The minimum absolute atomic E-state index is 0.434. The average Bonchev–Trinajstić information content (AvgIpc) is 3.45. The van der Waals surface area contributed by atoms with Gasteiger partial charge in [0.05, 0.1) is 0 Å². The molecule has 4 fully saturated rings. The van der Waals surface area contributed by atoms with E-state index in [2.05, 4.69) is 16.0 Å². The molecular weight excluding hydrogens is 645 g/mol. The third-order valence-corrected chi connectivity index (χ3v) is 12.2. The van der Waals surface area contributed by atoms with Crippen LogP contribution >= 0.6 is 23.5 Å². The zero-order valence-electron chi connectivity index (χ0n) is 26.1. The summed E-state index contributed by atoms with van der Waals surface area (Å²) in [6.07, 6.45) is 0. The van der Waals surface area contributed by atoms with E-state index < -0.39 is 92.0 Å². The molecular formula is C32H36N6O7S2. The third-order valence-electron chi connectivity index (χ3n) is 9.08. The zero-order chi connectivity index (χ0) is 34.0. The van der Waals surface area contributed by atoms with Crippen LogP contribution in [0.15, 0.2) is 60.7 Å². The van der Waals surface area contributed by atoms with Crippen molar-refractivity contribution in [2.75, 3.05) is 0 Å². The van der Waals surface area contributed by atoms with Gasteiger partial charge in [0, 0.05) is 9.49 Å². The lowest BCUT2D eigenvalue weighted by atomic mass is 9.93. The zero-order valence-corrected chi connectivity index (χ0v) is 27.7. The fourth-order valence-corrected chi connectivity index (χ4v) is 10.0. The smallest absolute Gasteiger partial charge is 0.327 e. The van der Waals surface area contributed by atoms with Crippen LogP contribution in [0, 0.1) is 0 Å². The van der Waals surface area contributed by atoms with Crippen molar-refractivity contribution < 1.29 is 33.9 Å². The van der Waals surface area contributed by atoms with E-state index in [9.17, 15) is 33.9 Å². The SMILES string of the molecule is CC1(C)S[C@@H]2[C@H](NC(=O)[C@H](NC(=O)[C@@H]3N4C(=O)[C@@H](NC(=O)[C@H](N)c5ccccc5)[C@H]4SC3(C)C)c3ccccc3)C(=O)N2[C@H]1C(=O)O. The summed E-state index contributed by atoms with van der Waals surface area (Å²) in [5.41, 5.74) is 7.20. The van der Waals surface area contributed by atoms with E-state index >= 15 is 0 Å². The molecule has 0 saturated carbocycles. The van der Waals surface area contributed by atoms with Crippen molar-refractivity contribution in [1.82, 2.24) is 25.8 Å². The number of rotatable bonds is 9. The standard InChI is InChI=1S/C32H36N6O7S2/c1-31(2)21(37-26(42)19(28(37)46-31)35-23(39)17(33)15-11-7-5-8-12-15)25(41)34-18(16-13-9-6-10-14-16)24(40)36-20-27(43)38-22(30(44)45)32(3,4)47-29(20)38/h5-14,17-22,28-29H,33H2,1-4H3,(H,34,41)(H,35,39)(H,36,40)(H,44,45)/t17-,18-,19-,20-,21+,22+,28-,29-/m1/s1. The quantitative estimate of drug-likeness (QED) is 0.236. The van der Waals surface area contributed by atoms with Crippen molar-refractivity contribution in [2.45, 2.75) is 84.2 Å². The van der Waals surface area contributed by atoms with E-state index in [-0.39, 0.29) is 0 Å². The Labute approximate surface area is 279 Å². The second kappa shape index (κ2) is 11.9. The molecule has 8 atom stereocenters. The summed E-state index contributed by atoms with van der Waals surface area (Å²) in [5, 5.41) is 16.9. The number of amides is 5. The maximum absolute atomic E-state index is 14.0. The number of hydrogen-bond acceptors (Lipinski definition) is 9. The number of benzene rings is 2. The molecule has 47 heavy (non-hydrogen) atoms. The first-order valence-electron chi connectivity index (χ1n) is 15.1. The lowest BCUT2D eigenvalue weighted by molar-refractivity contribution is -0.161. The van der Waals surface area contributed by atoms with E-state index in [1.54, 1.807) is 68.4 Å². The predicted molar refractivity (Wildman–Crippen MR) is 174 cm³/mol. The number of β-lactam (4-membered cyclic amide) rings is 2. The van der Waals surface area contributed by atoms with Crippen molar-refractivity contribution in [3.8, 4) is 0 Å². The Hall–Kier alpha value is -4.08. The number of fused-ring (bicyclic) bond motifs is 2. The first-order valence-corrected chi connectivity index (χ1v) is 16.9. The Balaban J connectivity index is 1.16. The first kappa shape index (κ1) is 32.8. The van der Waals surface area contributed by atoms with Gasteiger partial charge in [-0.3, -0.25) is 24.0 Å². The number of nitrogens with two attached hydrogens (primary N) is 1. The van der Waals surface area contributed by atoms with Crippen LogP contribution in [0.4, 0.5) is 0 Å². The van der Waals surface area contributed by atoms with Crippen LogP contribution in [-0.2, 0) is 28.8 Å². The van der Waals surface area contributed by atoms with Crippen LogP contribution in [0.2, 0.25) is 0 Å². The molecule has 0 aliphatic carbocycles. The number of nitrogens with zero attached hydrogens (tertiary/aromatic N) is 2. The lowest BCUT2D eigenvalue weighted by Crippen LogP contribution is -2.72. The van der Waals surface area contributed by atoms with E-state index in [0.717, 1.165) is 0 Å². The van der Waals surface area contributed by atoms with Gasteiger partial charge in [-0.05, 0) is 38.8 Å². The molecule has 0 aromatic heterocycles. The maximum atomic E-state index is 14.0. The minimum Gasteiger partial charge on any atom is -0.480 e. The van der Waals surface area contributed by atoms with Crippen LogP contribution in [0.1, 0.15) is 50.9 Å². The van der Waals surface area contributed by atoms with Gasteiger partial charge in [-0.2, -0.15) is 0 Å². The van der Waals surface area contributed by atoms with Crippen molar-refractivity contribution in [3.05, 3.63) is 71.8 Å². The van der Waals surface area contributed by atoms with Gasteiger partial charge in [0.1, 0.15) is 47.0 Å². The minimum atomic E-state index is -1.21. The van der Waals surface area contributed by atoms with Crippen LogP contribution < -0.4 is 21.7 Å². The third kappa shape index (κ3) is 5.53. The van der Waals surface area contributed by atoms with Gasteiger partial charge in [-0.1, -0.05) is 60.7 Å². The Bertz CT molecular complexity index is 1640. The van der Waals surface area contributed by atoms with Crippen LogP contribution in [0.5, 0.6) is 0 Å². The molecule has 6 rings (SSSR count). The number of thioether (sulfide) groups is 2. The highest BCUT2D eigenvalue weighted by Crippen LogP contribution is 2.52. The highest BCUT2D eigenvalue weighted by Gasteiger charge is 2.65. The van der Waals surface area contributed by atoms with E-state index in [1.807, 2.05) is 19.9 Å². The highest BCUT2D eigenvalue weighted by atomic mass is 32.2. The molecule has 15 heteroatoms. The summed E-state index contributed by atoms with van der Waals surface area (Å²) >= 11 is 2.67. The fourth-order valence-electron chi connectivity index (χ4n) is 6.77. The molecule has 13 nitrogen and oxygen atoms in total. The van der Waals surface area contributed by atoms with Crippen LogP contribution in [0.3, 0.4) is 0 Å². The number of carbonyl (C=O) groups excluding carboxylic acids is 5. The van der Waals surface area contributed by atoms with Gasteiger partial charge in [0.15, 0.2) is 0 Å². The molecule has 4 saturated heterocycles. The van der Waals surface area contributed by atoms with Crippen molar-refractivity contribution in [2.24, 2.45) is 5.73 Å². The number of carbonyl (C=O) groups is 6. The van der Waals surface area contributed by atoms with E-state index in [0.29, 0.717) is 11.1 Å². The van der Waals surface area contributed by atoms with Crippen molar-refractivity contribution in [3.63, 3.8) is 0 Å². The molecule has 0 spiro atoms. The van der Waals surface area contributed by atoms with Gasteiger partial charge >= 0.3 is 5.97 Å². The second-order valence-electron chi connectivity index (χ2n) is 13.1. The lowest BCUT2D eigenvalue weighted by Gasteiger charge is -2.45. The molecule has 4 aliphatic rings. The van der Waals surface area contributed by atoms with Gasteiger partial charge < -0.3 is 36.6 Å². The molecule has 2 aromatic rings. The molecule has 6 N–H and O–H groups in total. The molecule has 2 aromatic carbocycles. The molecule has 4 heterocycles.